The minimum atomic E-state index is 0.775. The van der Waals surface area contributed by atoms with E-state index in [9.17, 15) is 0 Å². The molecule has 0 rings (SSSR count). The number of nitrogens with two attached hydrogens (primary N) is 2. The van der Waals surface area contributed by atoms with Gasteiger partial charge in [-0.3, -0.25) is 0 Å². The summed E-state index contributed by atoms with van der Waals surface area (Å²) in [5.41, 5.74) is 11.0. The number of hydrogen-bond acceptors (Lipinski definition) is 3. The van der Waals surface area contributed by atoms with Crippen molar-refractivity contribution in [1.29, 1.82) is 0 Å². The van der Waals surface area contributed by atoms with E-state index in [1.165, 1.54) is 32.4 Å². The summed E-state index contributed by atoms with van der Waals surface area (Å²) in [6.45, 7) is 7.21. The Balaban J connectivity index is 3.33. The van der Waals surface area contributed by atoms with Crippen molar-refractivity contribution < 1.29 is 0 Å². The van der Waals surface area contributed by atoms with Gasteiger partial charge in [-0.05, 0) is 38.9 Å². The summed E-state index contributed by atoms with van der Waals surface area (Å²) in [7, 11) is 0. The Morgan fingerprint density at radius 1 is 0.846 bits per heavy atom. The maximum absolute atomic E-state index is 5.53. The molecule has 3 heteroatoms. The van der Waals surface area contributed by atoms with Crippen LogP contribution < -0.4 is 11.5 Å². The maximum atomic E-state index is 5.53. The second-order valence-electron chi connectivity index (χ2n) is 3.48. The predicted octanol–water partition coefficient (Wildman–Crippen LogP) is 0.786. The molecular formula is C10H25N3. The Labute approximate surface area is 82.5 Å². The average Bonchev–Trinajstić information content (AvgIpc) is 2.13. The van der Waals surface area contributed by atoms with Crippen LogP contribution in [0, 0.1) is 0 Å². The Morgan fingerprint density at radius 3 is 2.15 bits per heavy atom. The molecule has 0 aliphatic carbocycles. The summed E-state index contributed by atoms with van der Waals surface area (Å²) in [6.07, 6.45) is 4.89. The van der Waals surface area contributed by atoms with Crippen LogP contribution in [0.2, 0.25) is 0 Å². The summed E-state index contributed by atoms with van der Waals surface area (Å²) in [5.74, 6) is 0. The van der Waals surface area contributed by atoms with E-state index in [0.29, 0.717) is 0 Å². The number of hydrogen-bond donors (Lipinski definition) is 2. The Kier molecular flexibility index (Phi) is 9.87. The third-order valence-corrected chi connectivity index (χ3v) is 2.16. The quantitative estimate of drug-likeness (QED) is 0.525. The Hall–Kier alpha value is -0.120. The molecule has 0 spiro atoms. The molecule has 0 heterocycles. The lowest BCUT2D eigenvalue weighted by atomic mass is 10.2. The number of rotatable bonds is 9. The minimum Gasteiger partial charge on any atom is -0.330 e. The summed E-state index contributed by atoms with van der Waals surface area (Å²) >= 11 is 0. The molecule has 0 atom stereocenters. The Bertz CT molecular complexity index is 90.2. The zero-order valence-corrected chi connectivity index (χ0v) is 8.97. The van der Waals surface area contributed by atoms with Crippen molar-refractivity contribution in [3.05, 3.63) is 0 Å². The molecule has 0 bridgehead atoms. The highest BCUT2D eigenvalue weighted by Gasteiger charge is 2.00. The van der Waals surface area contributed by atoms with Gasteiger partial charge in [-0.25, -0.2) is 0 Å². The summed E-state index contributed by atoms with van der Waals surface area (Å²) < 4.78 is 0. The standard InChI is InChI=1S/C10H25N3/c1-2-8-13(10-7-12)9-5-3-4-6-11/h2-12H2,1H3. The van der Waals surface area contributed by atoms with E-state index in [-0.39, 0.29) is 0 Å². The minimum absolute atomic E-state index is 0.775. The van der Waals surface area contributed by atoms with Crippen LogP contribution in [0.25, 0.3) is 0 Å². The Morgan fingerprint density at radius 2 is 1.62 bits per heavy atom. The second kappa shape index (κ2) is 9.96. The van der Waals surface area contributed by atoms with E-state index in [4.69, 9.17) is 11.5 Å². The predicted molar refractivity (Wildman–Crippen MR) is 58.7 cm³/mol. The van der Waals surface area contributed by atoms with Crippen molar-refractivity contribution in [3.8, 4) is 0 Å². The fourth-order valence-electron chi connectivity index (χ4n) is 1.49. The third kappa shape index (κ3) is 8.22. The third-order valence-electron chi connectivity index (χ3n) is 2.16. The zero-order valence-electron chi connectivity index (χ0n) is 8.97. The smallest absolute Gasteiger partial charge is 0.0105 e. The molecule has 80 valence electrons. The highest BCUT2D eigenvalue weighted by atomic mass is 15.1. The summed E-state index contributed by atoms with van der Waals surface area (Å²) in [4.78, 5) is 2.44. The van der Waals surface area contributed by atoms with Gasteiger partial charge in [-0.15, -0.1) is 0 Å². The molecule has 0 aliphatic rings. The molecule has 0 aromatic carbocycles. The first-order valence-corrected chi connectivity index (χ1v) is 5.47. The molecule has 0 aromatic rings. The normalized spacial score (nSPS) is 11.1. The van der Waals surface area contributed by atoms with E-state index in [0.717, 1.165) is 26.1 Å². The van der Waals surface area contributed by atoms with Crippen LogP contribution in [-0.2, 0) is 0 Å². The van der Waals surface area contributed by atoms with Crippen molar-refractivity contribution >= 4 is 0 Å². The highest BCUT2D eigenvalue weighted by molar-refractivity contribution is 4.57. The van der Waals surface area contributed by atoms with Crippen LogP contribution in [0.5, 0.6) is 0 Å². The van der Waals surface area contributed by atoms with Crippen molar-refractivity contribution in [2.45, 2.75) is 32.6 Å². The SMILES string of the molecule is CCCN(CCN)CCCCCN. The van der Waals surface area contributed by atoms with Crippen LogP contribution in [-0.4, -0.2) is 37.6 Å². The van der Waals surface area contributed by atoms with E-state index in [1.54, 1.807) is 0 Å². The second-order valence-corrected chi connectivity index (χ2v) is 3.48. The lowest BCUT2D eigenvalue weighted by Crippen LogP contribution is -2.31. The molecule has 0 radical (unpaired) electrons. The van der Waals surface area contributed by atoms with Gasteiger partial charge in [0.2, 0.25) is 0 Å². The van der Waals surface area contributed by atoms with E-state index in [2.05, 4.69) is 11.8 Å². The monoisotopic (exact) mass is 187 g/mol. The molecule has 0 amide bonds. The number of unbranched alkanes of at least 4 members (excludes halogenated alkanes) is 2. The molecular weight excluding hydrogens is 162 g/mol. The highest BCUT2D eigenvalue weighted by Crippen LogP contribution is 1.98. The van der Waals surface area contributed by atoms with Crippen LogP contribution in [0.1, 0.15) is 32.6 Å². The van der Waals surface area contributed by atoms with Crippen molar-refractivity contribution in [2.75, 3.05) is 32.7 Å². The van der Waals surface area contributed by atoms with Gasteiger partial charge in [0.25, 0.3) is 0 Å². The molecule has 0 aromatic heterocycles. The molecule has 0 fully saturated rings. The van der Waals surface area contributed by atoms with Gasteiger partial charge in [0.1, 0.15) is 0 Å². The fourth-order valence-corrected chi connectivity index (χ4v) is 1.49. The molecule has 4 N–H and O–H groups in total. The van der Waals surface area contributed by atoms with Crippen molar-refractivity contribution in [3.63, 3.8) is 0 Å². The topological polar surface area (TPSA) is 55.3 Å². The van der Waals surface area contributed by atoms with E-state index >= 15 is 0 Å². The lowest BCUT2D eigenvalue weighted by Gasteiger charge is -2.20. The maximum Gasteiger partial charge on any atom is 0.0105 e. The van der Waals surface area contributed by atoms with Crippen LogP contribution in [0.3, 0.4) is 0 Å². The molecule has 13 heavy (non-hydrogen) atoms. The fraction of sp³-hybridized carbons (Fsp3) is 1.00. The average molecular weight is 187 g/mol. The summed E-state index contributed by atoms with van der Waals surface area (Å²) in [6, 6.07) is 0. The molecule has 0 aliphatic heterocycles. The van der Waals surface area contributed by atoms with Gasteiger partial charge >= 0.3 is 0 Å². The van der Waals surface area contributed by atoms with Gasteiger partial charge in [0.05, 0.1) is 0 Å². The van der Waals surface area contributed by atoms with Gasteiger partial charge in [-0.2, -0.15) is 0 Å². The van der Waals surface area contributed by atoms with Crippen molar-refractivity contribution in [2.24, 2.45) is 11.5 Å². The van der Waals surface area contributed by atoms with Crippen LogP contribution in [0.15, 0.2) is 0 Å². The first kappa shape index (κ1) is 12.9. The van der Waals surface area contributed by atoms with Crippen LogP contribution >= 0.6 is 0 Å². The van der Waals surface area contributed by atoms with Crippen molar-refractivity contribution in [1.82, 2.24) is 4.90 Å². The lowest BCUT2D eigenvalue weighted by molar-refractivity contribution is 0.275. The first-order valence-electron chi connectivity index (χ1n) is 5.47. The van der Waals surface area contributed by atoms with E-state index in [1.807, 2.05) is 0 Å². The number of nitrogens with zero attached hydrogens (tertiary/aromatic N) is 1. The van der Waals surface area contributed by atoms with E-state index < -0.39 is 0 Å². The molecule has 0 saturated heterocycles. The molecule has 0 unspecified atom stereocenters. The summed E-state index contributed by atoms with van der Waals surface area (Å²) in [5, 5.41) is 0. The zero-order chi connectivity index (χ0) is 9.94. The largest absolute Gasteiger partial charge is 0.330 e. The van der Waals surface area contributed by atoms with Gasteiger partial charge in [-0.1, -0.05) is 13.3 Å². The van der Waals surface area contributed by atoms with Crippen LogP contribution in [0.4, 0.5) is 0 Å². The van der Waals surface area contributed by atoms with Gasteiger partial charge in [0.15, 0.2) is 0 Å². The first-order chi connectivity index (χ1) is 6.35. The molecule has 0 saturated carbocycles. The molecule has 3 nitrogen and oxygen atoms in total. The van der Waals surface area contributed by atoms with Gasteiger partial charge < -0.3 is 16.4 Å². The van der Waals surface area contributed by atoms with Gasteiger partial charge in [0, 0.05) is 13.1 Å².